The highest BCUT2D eigenvalue weighted by molar-refractivity contribution is 7.70. The lowest BCUT2D eigenvalue weighted by Gasteiger charge is -2.31. The van der Waals surface area contributed by atoms with Gasteiger partial charge in [0.25, 0.3) is 0 Å². The quantitative estimate of drug-likeness (QED) is 0.432. The minimum absolute atomic E-state index is 0.606. The number of hydrogen-bond acceptors (Lipinski definition) is 8. The molecule has 1 atom stereocenters. The zero-order chi connectivity index (χ0) is 22.3. The molecule has 3 aromatic heterocycles. The number of aromatic nitrogens is 5. The largest absolute Gasteiger partial charge is 0.340 e. The van der Waals surface area contributed by atoms with Gasteiger partial charge in [-0.2, -0.15) is 9.97 Å². The van der Waals surface area contributed by atoms with Gasteiger partial charge in [-0.3, -0.25) is 4.57 Å². The van der Waals surface area contributed by atoms with Crippen molar-refractivity contribution in [2.45, 2.75) is 19.8 Å². The highest BCUT2D eigenvalue weighted by Gasteiger charge is 2.22. The Balaban J connectivity index is 1.58. The van der Waals surface area contributed by atoms with Crippen molar-refractivity contribution in [3.8, 4) is 5.82 Å². The second-order valence-corrected chi connectivity index (χ2v) is 12.7. The first-order valence-corrected chi connectivity index (χ1v) is 14.2. The maximum atomic E-state index is 12.4. The van der Waals surface area contributed by atoms with E-state index in [1.165, 1.54) is 17.8 Å². The summed E-state index contributed by atoms with van der Waals surface area (Å²) in [5.74, 6) is 2.76. The lowest BCUT2D eigenvalue weighted by atomic mass is 10.0. The molecule has 10 heteroatoms. The van der Waals surface area contributed by atoms with Crippen LogP contribution in [0, 0.1) is 5.92 Å². The van der Waals surface area contributed by atoms with Crippen molar-refractivity contribution in [1.29, 1.82) is 0 Å². The molecule has 1 aliphatic heterocycles. The fourth-order valence-corrected chi connectivity index (χ4v) is 5.41. The maximum Gasteiger partial charge on any atom is 0.229 e. The van der Waals surface area contributed by atoms with Crippen LogP contribution in [0.2, 0.25) is 0 Å². The molecular formula is C22H26N7OPS. The van der Waals surface area contributed by atoms with Crippen molar-refractivity contribution in [3.63, 3.8) is 0 Å². The Morgan fingerprint density at radius 2 is 1.97 bits per heavy atom. The minimum Gasteiger partial charge on any atom is -0.340 e. The smallest absolute Gasteiger partial charge is 0.229 e. The molecule has 1 aromatic carbocycles. The summed E-state index contributed by atoms with van der Waals surface area (Å²) in [6.07, 6.45) is 4.10. The second-order valence-electron chi connectivity index (χ2n) is 8.72. The van der Waals surface area contributed by atoms with Gasteiger partial charge in [0, 0.05) is 29.5 Å². The second kappa shape index (κ2) is 8.30. The Kier molecular flexibility index (Phi) is 5.47. The first kappa shape index (κ1) is 21.1. The lowest BCUT2D eigenvalue weighted by Crippen LogP contribution is -2.35. The first-order valence-electron chi connectivity index (χ1n) is 10.7. The van der Waals surface area contributed by atoms with Crippen LogP contribution in [0.1, 0.15) is 19.8 Å². The van der Waals surface area contributed by atoms with E-state index >= 15 is 0 Å². The fraction of sp³-hybridized carbons (Fsp3) is 0.364. The van der Waals surface area contributed by atoms with Gasteiger partial charge in [0.05, 0.1) is 5.51 Å². The molecule has 32 heavy (non-hydrogen) atoms. The summed E-state index contributed by atoms with van der Waals surface area (Å²) in [6.45, 7) is 7.70. The van der Waals surface area contributed by atoms with Crippen LogP contribution in [0.3, 0.4) is 0 Å². The minimum atomic E-state index is -2.30. The average Bonchev–Trinajstić information content (AvgIpc) is 3.43. The van der Waals surface area contributed by atoms with Crippen molar-refractivity contribution < 1.29 is 4.57 Å². The molecule has 1 aliphatic rings. The predicted molar refractivity (Wildman–Crippen MR) is 132 cm³/mol. The third-order valence-corrected chi connectivity index (χ3v) is 7.86. The summed E-state index contributed by atoms with van der Waals surface area (Å²) in [7, 11) is -2.30. The average molecular weight is 468 g/mol. The van der Waals surface area contributed by atoms with Crippen molar-refractivity contribution in [2.75, 3.05) is 36.6 Å². The molecule has 8 nitrogen and oxygen atoms in total. The molecule has 0 saturated carbocycles. The van der Waals surface area contributed by atoms with E-state index in [9.17, 15) is 4.57 Å². The van der Waals surface area contributed by atoms with Crippen LogP contribution < -0.4 is 15.5 Å². The standard InChI is InChI=1S/C22H26N7OPS/c1-15-5-4-10-28(11-15)22-26-20(25-16-6-8-17(9-7-16)31(2,3)30)19-21(27-22)29(13-23-19)18-12-32-14-24-18/h6-9,12-15H,4-5,10-11H2,1-3H3,(H,25,26,27). The van der Waals surface area contributed by atoms with Gasteiger partial charge in [-0.25, -0.2) is 9.97 Å². The van der Waals surface area contributed by atoms with E-state index < -0.39 is 7.14 Å². The van der Waals surface area contributed by atoms with Gasteiger partial charge in [0.1, 0.15) is 13.5 Å². The predicted octanol–water partition coefficient (Wildman–Crippen LogP) is 4.50. The Labute approximate surface area is 191 Å². The summed E-state index contributed by atoms with van der Waals surface area (Å²) in [5.41, 5.74) is 4.08. The van der Waals surface area contributed by atoms with Gasteiger partial charge >= 0.3 is 0 Å². The molecule has 4 heterocycles. The van der Waals surface area contributed by atoms with Crippen LogP contribution in [0.25, 0.3) is 17.0 Å². The van der Waals surface area contributed by atoms with E-state index in [1.54, 1.807) is 25.2 Å². The van der Waals surface area contributed by atoms with Gasteiger partial charge in [-0.1, -0.05) is 6.92 Å². The summed E-state index contributed by atoms with van der Waals surface area (Å²) >= 11 is 1.54. The molecule has 0 amide bonds. The number of hydrogen-bond donors (Lipinski definition) is 1. The molecule has 1 fully saturated rings. The molecule has 1 N–H and O–H groups in total. The molecular weight excluding hydrogens is 441 g/mol. The van der Waals surface area contributed by atoms with E-state index in [0.717, 1.165) is 42.0 Å². The molecule has 1 saturated heterocycles. The third-order valence-electron chi connectivity index (χ3n) is 5.74. The number of thiazole rings is 1. The maximum absolute atomic E-state index is 12.4. The molecule has 0 radical (unpaired) electrons. The van der Waals surface area contributed by atoms with Crippen molar-refractivity contribution in [1.82, 2.24) is 24.5 Å². The Hall–Kier alpha value is -2.77. The van der Waals surface area contributed by atoms with E-state index in [2.05, 4.69) is 27.1 Å². The molecule has 4 aromatic rings. The number of rotatable bonds is 5. The summed E-state index contributed by atoms with van der Waals surface area (Å²) in [6, 6.07) is 7.68. The normalized spacial score (nSPS) is 17.1. The monoisotopic (exact) mass is 467 g/mol. The van der Waals surface area contributed by atoms with E-state index in [-0.39, 0.29) is 0 Å². The number of piperidine rings is 1. The van der Waals surface area contributed by atoms with Crippen molar-refractivity contribution >= 4 is 52.4 Å². The molecule has 166 valence electrons. The lowest BCUT2D eigenvalue weighted by molar-refractivity contribution is 0.442. The van der Waals surface area contributed by atoms with Crippen LogP contribution in [0.4, 0.5) is 17.5 Å². The first-order chi connectivity index (χ1) is 15.4. The van der Waals surface area contributed by atoms with Gasteiger partial charge in [-0.05, 0) is 56.4 Å². The number of benzene rings is 1. The number of fused-ring (bicyclic) bond motifs is 1. The Morgan fingerprint density at radius 3 is 2.66 bits per heavy atom. The zero-order valence-corrected chi connectivity index (χ0v) is 20.1. The molecule has 0 spiro atoms. The number of nitrogens with one attached hydrogen (secondary N) is 1. The van der Waals surface area contributed by atoms with E-state index in [4.69, 9.17) is 9.97 Å². The van der Waals surface area contributed by atoms with Crippen LogP contribution in [-0.2, 0) is 4.57 Å². The number of imidazole rings is 1. The Bertz CT molecular complexity index is 1280. The van der Waals surface area contributed by atoms with Crippen LogP contribution in [0.5, 0.6) is 0 Å². The van der Waals surface area contributed by atoms with Gasteiger partial charge < -0.3 is 14.8 Å². The highest BCUT2D eigenvalue weighted by atomic mass is 32.1. The topological polar surface area (TPSA) is 88.8 Å². The number of nitrogens with zero attached hydrogens (tertiary/aromatic N) is 6. The molecule has 0 bridgehead atoms. The molecule has 1 unspecified atom stereocenters. The van der Waals surface area contributed by atoms with Gasteiger partial charge in [0.2, 0.25) is 5.95 Å². The number of anilines is 3. The third kappa shape index (κ3) is 4.14. The summed E-state index contributed by atoms with van der Waals surface area (Å²) < 4.78 is 14.3. The highest BCUT2D eigenvalue weighted by Crippen LogP contribution is 2.35. The van der Waals surface area contributed by atoms with E-state index in [0.29, 0.717) is 23.2 Å². The van der Waals surface area contributed by atoms with Crippen LogP contribution in [0.15, 0.2) is 41.5 Å². The SMILES string of the molecule is CC1CCCN(c2nc(Nc3ccc(P(C)(C)=O)cc3)c3ncn(-c4cscn4)c3n2)C1. The van der Waals surface area contributed by atoms with Crippen LogP contribution >= 0.6 is 18.5 Å². The fourth-order valence-electron chi connectivity index (χ4n) is 4.02. The summed E-state index contributed by atoms with van der Waals surface area (Å²) in [4.78, 5) is 21.1. The molecule has 5 rings (SSSR count). The molecule has 0 aliphatic carbocycles. The van der Waals surface area contributed by atoms with Crippen molar-refractivity contribution in [3.05, 3.63) is 41.5 Å². The van der Waals surface area contributed by atoms with Gasteiger partial charge in [0.15, 0.2) is 22.8 Å². The Morgan fingerprint density at radius 1 is 1.16 bits per heavy atom. The van der Waals surface area contributed by atoms with Crippen LogP contribution in [-0.4, -0.2) is 50.9 Å². The summed E-state index contributed by atoms with van der Waals surface area (Å²) in [5, 5.41) is 6.24. The van der Waals surface area contributed by atoms with Gasteiger partial charge in [-0.15, -0.1) is 11.3 Å². The van der Waals surface area contributed by atoms with Crippen molar-refractivity contribution in [2.24, 2.45) is 5.92 Å². The van der Waals surface area contributed by atoms with E-state index in [1.807, 2.05) is 34.2 Å². The zero-order valence-electron chi connectivity index (χ0n) is 18.4.